The third-order valence-electron chi connectivity index (χ3n) is 8.43. The Morgan fingerprint density at radius 1 is 0.426 bits per heavy atom. The predicted molar refractivity (Wildman–Crippen MR) is 193 cm³/mol. The van der Waals surface area contributed by atoms with Gasteiger partial charge in [-0.25, -0.2) is 24.9 Å². The predicted octanol–water partition coefficient (Wildman–Crippen LogP) is 10.5. The Hall–Kier alpha value is -6.11. The van der Waals surface area contributed by atoms with Gasteiger partial charge in [0.15, 0.2) is 17.5 Å². The zero-order valence-electron chi connectivity index (χ0n) is 25.1. The van der Waals surface area contributed by atoms with Gasteiger partial charge in [-0.2, -0.15) is 0 Å². The maximum Gasteiger partial charge on any atom is 0.164 e. The Morgan fingerprint density at radius 3 is 1.89 bits per heavy atom. The number of benzene rings is 6. The van der Waals surface area contributed by atoms with Gasteiger partial charge >= 0.3 is 0 Å². The Kier molecular flexibility index (Phi) is 6.58. The van der Waals surface area contributed by atoms with Gasteiger partial charge in [0.2, 0.25) is 0 Å². The molecule has 0 radical (unpaired) electrons. The van der Waals surface area contributed by atoms with Gasteiger partial charge in [0.25, 0.3) is 0 Å². The summed E-state index contributed by atoms with van der Waals surface area (Å²) in [5.74, 6) is 1.85. The minimum atomic E-state index is 0.610. The lowest BCUT2D eigenvalue weighted by molar-refractivity contribution is 1.08. The third-order valence-corrected chi connectivity index (χ3v) is 9.60. The summed E-state index contributed by atoms with van der Waals surface area (Å²) in [7, 11) is 0. The number of aromatic nitrogens is 5. The summed E-state index contributed by atoms with van der Waals surface area (Å²) in [6.45, 7) is 0. The molecule has 5 nitrogen and oxygen atoms in total. The van der Waals surface area contributed by atoms with E-state index in [4.69, 9.17) is 19.9 Å². The van der Waals surface area contributed by atoms with E-state index in [1.165, 1.54) is 4.70 Å². The second-order valence-electron chi connectivity index (χ2n) is 11.4. The van der Waals surface area contributed by atoms with E-state index in [0.29, 0.717) is 17.5 Å². The summed E-state index contributed by atoms with van der Waals surface area (Å²) in [5, 5.41) is 3.29. The van der Waals surface area contributed by atoms with Crippen LogP contribution in [0, 0.1) is 0 Å². The molecular weight excluding hydrogens is 595 g/mol. The van der Waals surface area contributed by atoms with Crippen molar-refractivity contribution in [1.29, 1.82) is 0 Å². The average Bonchev–Trinajstić information content (AvgIpc) is 3.54. The summed E-state index contributed by atoms with van der Waals surface area (Å²) < 4.78 is 2.26. The molecule has 3 heterocycles. The standard InChI is InChI=1S/C41H25N5S/c1-3-12-26(13-4-1)28-17-11-18-30(22-28)40-44-39(27-14-5-2-6-15-27)45-41(46-40)34-24-31(23-29-16-7-8-19-32(29)34)36-38-37(43-25-42-36)33-20-9-10-21-35(33)47-38/h1-25H. The third kappa shape index (κ3) is 4.92. The van der Waals surface area contributed by atoms with E-state index in [9.17, 15) is 0 Å². The van der Waals surface area contributed by atoms with Crippen LogP contribution >= 0.6 is 11.3 Å². The van der Waals surface area contributed by atoms with Crippen LogP contribution in [0.2, 0.25) is 0 Å². The molecule has 0 bridgehead atoms. The van der Waals surface area contributed by atoms with E-state index in [1.807, 2.05) is 36.4 Å². The normalized spacial score (nSPS) is 11.4. The van der Waals surface area contributed by atoms with E-state index >= 15 is 0 Å². The molecule has 0 amide bonds. The van der Waals surface area contributed by atoms with Gasteiger partial charge in [-0.3, -0.25) is 0 Å². The highest BCUT2D eigenvalue weighted by Gasteiger charge is 2.18. The van der Waals surface area contributed by atoms with E-state index in [-0.39, 0.29) is 0 Å². The second-order valence-corrected chi connectivity index (χ2v) is 12.4. The molecule has 0 aliphatic carbocycles. The summed E-state index contributed by atoms with van der Waals surface area (Å²) in [5.41, 5.74) is 7.89. The number of hydrogen-bond donors (Lipinski definition) is 0. The van der Waals surface area contributed by atoms with Gasteiger partial charge in [-0.1, -0.05) is 121 Å². The molecule has 0 unspecified atom stereocenters. The first-order valence-corrected chi connectivity index (χ1v) is 16.2. The van der Waals surface area contributed by atoms with E-state index < -0.39 is 0 Å². The molecule has 0 atom stereocenters. The topological polar surface area (TPSA) is 64.5 Å². The maximum absolute atomic E-state index is 5.16. The number of thiophene rings is 1. The molecular formula is C41H25N5S. The molecule has 9 rings (SSSR count). The zero-order valence-corrected chi connectivity index (χ0v) is 25.9. The van der Waals surface area contributed by atoms with Crippen LogP contribution in [-0.2, 0) is 0 Å². The molecule has 0 N–H and O–H groups in total. The van der Waals surface area contributed by atoms with Gasteiger partial charge in [0, 0.05) is 32.3 Å². The molecule has 9 aromatic rings. The van der Waals surface area contributed by atoms with Gasteiger partial charge in [-0.15, -0.1) is 11.3 Å². The zero-order chi connectivity index (χ0) is 31.2. The first-order valence-electron chi connectivity index (χ1n) is 15.4. The lowest BCUT2D eigenvalue weighted by Gasteiger charge is -2.13. The van der Waals surface area contributed by atoms with Crippen molar-refractivity contribution < 1.29 is 0 Å². The quantitative estimate of drug-likeness (QED) is 0.192. The van der Waals surface area contributed by atoms with Crippen molar-refractivity contribution in [3.05, 3.63) is 152 Å². The van der Waals surface area contributed by atoms with Crippen LogP contribution in [0.3, 0.4) is 0 Å². The highest BCUT2D eigenvalue weighted by Crippen LogP contribution is 2.40. The highest BCUT2D eigenvalue weighted by atomic mass is 32.1. The van der Waals surface area contributed by atoms with E-state index in [0.717, 1.165) is 65.4 Å². The fourth-order valence-corrected chi connectivity index (χ4v) is 7.34. The minimum Gasteiger partial charge on any atom is -0.235 e. The van der Waals surface area contributed by atoms with Crippen molar-refractivity contribution in [3.63, 3.8) is 0 Å². The first-order chi connectivity index (χ1) is 23.3. The van der Waals surface area contributed by atoms with Crippen molar-refractivity contribution in [3.8, 4) is 56.5 Å². The van der Waals surface area contributed by atoms with Gasteiger partial charge < -0.3 is 0 Å². The fraction of sp³-hybridized carbons (Fsp3) is 0. The van der Waals surface area contributed by atoms with Crippen LogP contribution in [0.15, 0.2) is 152 Å². The molecule has 0 aliphatic heterocycles. The second kappa shape index (κ2) is 11.4. The van der Waals surface area contributed by atoms with Crippen molar-refractivity contribution in [2.75, 3.05) is 0 Å². The molecule has 6 aromatic carbocycles. The van der Waals surface area contributed by atoms with Crippen LogP contribution in [0.1, 0.15) is 0 Å². The van der Waals surface area contributed by atoms with Gasteiger partial charge in [0.1, 0.15) is 6.33 Å². The fourth-order valence-electron chi connectivity index (χ4n) is 6.17. The minimum absolute atomic E-state index is 0.610. The molecule has 3 aromatic heterocycles. The van der Waals surface area contributed by atoms with Crippen LogP contribution in [0.4, 0.5) is 0 Å². The molecule has 47 heavy (non-hydrogen) atoms. The Morgan fingerprint density at radius 2 is 1.06 bits per heavy atom. The number of hydrogen-bond acceptors (Lipinski definition) is 6. The number of rotatable bonds is 5. The van der Waals surface area contributed by atoms with Gasteiger partial charge in [0.05, 0.1) is 15.9 Å². The molecule has 0 saturated carbocycles. The van der Waals surface area contributed by atoms with E-state index in [2.05, 4.69) is 114 Å². The first kappa shape index (κ1) is 27.2. The Bertz CT molecular complexity index is 2580. The van der Waals surface area contributed by atoms with Gasteiger partial charge in [-0.05, 0) is 46.2 Å². The Labute approximate surface area is 275 Å². The lowest BCUT2D eigenvalue weighted by Crippen LogP contribution is -2.01. The monoisotopic (exact) mass is 619 g/mol. The van der Waals surface area contributed by atoms with Crippen LogP contribution < -0.4 is 0 Å². The SMILES string of the molecule is c1ccc(-c2cccc(-c3nc(-c4ccccc4)nc(-c4cc(-c5ncnc6c5sc5ccccc56)cc5ccccc45)n3)c2)cc1. The van der Waals surface area contributed by atoms with Crippen molar-refractivity contribution in [2.45, 2.75) is 0 Å². The molecule has 0 aliphatic rings. The molecule has 220 valence electrons. The van der Waals surface area contributed by atoms with Crippen LogP contribution in [0.5, 0.6) is 0 Å². The smallest absolute Gasteiger partial charge is 0.164 e. The van der Waals surface area contributed by atoms with Crippen molar-refractivity contribution >= 4 is 42.4 Å². The van der Waals surface area contributed by atoms with Crippen molar-refractivity contribution in [1.82, 2.24) is 24.9 Å². The maximum atomic E-state index is 5.16. The lowest BCUT2D eigenvalue weighted by atomic mass is 9.98. The summed E-state index contributed by atoms with van der Waals surface area (Å²) in [6, 6.07) is 50.0. The highest BCUT2D eigenvalue weighted by molar-refractivity contribution is 7.26. The van der Waals surface area contributed by atoms with Crippen LogP contribution in [-0.4, -0.2) is 24.9 Å². The number of fused-ring (bicyclic) bond motifs is 4. The van der Waals surface area contributed by atoms with Crippen LogP contribution in [0.25, 0.3) is 87.6 Å². The summed E-state index contributed by atoms with van der Waals surface area (Å²) >= 11 is 1.72. The van der Waals surface area contributed by atoms with Crippen molar-refractivity contribution in [2.24, 2.45) is 0 Å². The summed E-state index contributed by atoms with van der Waals surface area (Å²) in [6.07, 6.45) is 1.67. The number of nitrogens with zero attached hydrogens (tertiary/aromatic N) is 5. The molecule has 0 saturated heterocycles. The average molecular weight is 620 g/mol. The molecule has 6 heteroatoms. The Balaban J connectivity index is 1.28. The molecule has 0 fully saturated rings. The van der Waals surface area contributed by atoms with E-state index in [1.54, 1.807) is 17.7 Å². The summed E-state index contributed by atoms with van der Waals surface area (Å²) in [4.78, 5) is 24.8. The largest absolute Gasteiger partial charge is 0.235 e. The molecule has 0 spiro atoms.